The fourth-order valence-electron chi connectivity index (χ4n) is 2.48. The molecule has 0 aliphatic rings. The number of carbonyl (C=O) groups is 1. The number of hydrogen-bond donors (Lipinski definition) is 3. The molecule has 0 atom stereocenters. The van der Waals surface area contributed by atoms with E-state index in [1.54, 1.807) is 16.6 Å². The molecule has 2 heterocycles. The van der Waals surface area contributed by atoms with Gasteiger partial charge < -0.3 is 10.4 Å². The van der Waals surface area contributed by atoms with Gasteiger partial charge in [-0.05, 0) is 23.8 Å². The minimum Gasteiger partial charge on any atom is -0.478 e. The molecule has 0 spiro atoms. The van der Waals surface area contributed by atoms with Gasteiger partial charge in [-0.1, -0.05) is 30.3 Å². The van der Waals surface area contributed by atoms with Crippen LogP contribution in [0.5, 0.6) is 0 Å². The third kappa shape index (κ3) is 2.38. The fourth-order valence-corrected chi connectivity index (χ4v) is 2.48. The van der Waals surface area contributed by atoms with Gasteiger partial charge in [-0.2, -0.15) is 4.98 Å². The molecule has 2 aromatic carbocycles. The van der Waals surface area contributed by atoms with Gasteiger partial charge in [-0.3, -0.25) is 5.10 Å². The molecule has 0 aliphatic carbocycles. The van der Waals surface area contributed by atoms with Gasteiger partial charge in [0.1, 0.15) is 0 Å². The molecule has 0 fully saturated rings. The molecule has 0 aliphatic heterocycles. The van der Waals surface area contributed by atoms with Crippen molar-refractivity contribution in [2.75, 3.05) is 5.32 Å². The van der Waals surface area contributed by atoms with E-state index < -0.39 is 5.97 Å². The summed E-state index contributed by atoms with van der Waals surface area (Å²) in [4.78, 5) is 19.7. The molecular weight excluding hydrogens is 294 g/mol. The molecule has 2 aromatic heterocycles. The van der Waals surface area contributed by atoms with Crippen molar-refractivity contribution in [3.63, 3.8) is 0 Å². The molecular formula is C16H13N5O2. The van der Waals surface area contributed by atoms with Gasteiger partial charge in [-0.15, -0.1) is 0 Å². The average molecular weight is 307 g/mol. The van der Waals surface area contributed by atoms with Gasteiger partial charge >= 0.3 is 5.97 Å². The number of rotatable bonds is 4. The van der Waals surface area contributed by atoms with Crippen molar-refractivity contribution < 1.29 is 9.90 Å². The molecule has 0 bridgehead atoms. The van der Waals surface area contributed by atoms with Crippen molar-refractivity contribution in [3.8, 4) is 0 Å². The molecule has 0 radical (unpaired) electrons. The van der Waals surface area contributed by atoms with E-state index in [2.05, 4.69) is 20.4 Å². The quantitative estimate of drug-likeness (QED) is 0.538. The van der Waals surface area contributed by atoms with Crippen LogP contribution in [0, 0.1) is 0 Å². The highest BCUT2D eigenvalue weighted by Gasteiger charge is 2.12. The van der Waals surface area contributed by atoms with Crippen molar-refractivity contribution in [2.24, 2.45) is 0 Å². The van der Waals surface area contributed by atoms with Gasteiger partial charge in [0.25, 0.3) is 5.78 Å². The first-order valence-electron chi connectivity index (χ1n) is 7.10. The predicted octanol–water partition coefficient (Wildman–Crippen LogP) is 2.52. The fraction of sp³-hybridized carbons (Fsp3) is 0.0625. The maximum Gasteiger partial charge on any atom is 0.335 e. The number of imidazole rings is 1. The Kier molecular flexibility index (Phi) is 2.97. The highest BCUT2D eigenvalue weighted by molar-refractivity contribution is 5.93. The summed E-state index contributed by atoms with van der Waals surface area (Å²) in [5.41, 5.74) is 2.74. The van der Waals surface area contributed by atoms with Crippen LogP contribution < -0.4 is 5.32 Å². The van der Waals surface area contributed by atoms with Gasteiger partial charge in [-0.25, -0.2) is 14.3 Å². The monoisotopic (exact) mass is 307 g/mol. The number of anilines is 1. The van der Waals surface area contributed by atoms with Crippen LogP contribution in [0.15, 0.2) is 48.5 Å². The van der Waals surface area contributed by atoms with Crippen molar-refractivity contribution in [1.29, 1.82) is 0 Å². The van der Waals surface area contributed by atoms with Gasteiger partial charge in [0.15, 0.2) is 0 Å². The highest BCUT2D eigenvalue weighted by Crippen LogP contribution is 2.18. The first-order chi connectivity index (χ1) is 11.2. The van der Waals surface area contributed by atoms with E-state index in [0.717, 1.165) is 11.1 Å². The highest BCUT2D eigenvalue weighted by atomic mass is 16.4. The van der Waals surface area contributed by atoms with Crippen molar-refractivity contribution in [1.82, 2.24) is 19.6 Å². The number of benzene rings is 2. The smallest absolute Gasteiger partial charge is 0.335 e. The summed E-state index contributed by atoms with van der Waals surface area (Å²) in [6, 6.07) is 14.8. The van der Waals surface area contributed by atoms with E-state index in [1.165, 1.54) is 6.07 Å². The molecule has 0 saturated heterocycles. The second-order valence-electron chi connectivity index (χ2n) is 5.17. The van der Waals surface area contributed by atoms with E-state index in [9.17, 15) is 4.79 Å². The Morgan fingerprint density at radius 3 is 2.78 bits per heavy atom. The van der Waals surface area contributed by atoms with Crippen LogP contribution in [0.3, 0.4) is 0 Å². The molecule has 4 aromatic rings. The van der Waals surface area contributed by atoms with Crippen LogP contribution in [0.4, 0.5) is 5.95 Å². The maximum atomic E-state index is 11.0. The van der Waals surface area contributed by atoms with Crippen molar-refractivity contribution in [3.05, 3.63) is 59.7 Å². The summed E-state index contributed by atoms with van der Waals surface area (Å²) in [6.07, 6.45) is 0. The second-order valence-corrected chi connectivity index (χ2v) is 5.17. The lowest BCUT2D eigenvalue weighted by atomic mass is 10.2. The molecule has 7 heteroatoms. The van der Waals surface area contributed by atoms with Crippen LogP contribution >= 0.6 is 0 Å². The van der Waals surface area contributed by atoms with E-state index in [1.807, 2.05) is 30.3 Å². The number of aromatic nitrogens is 4. The standard InChI is InChI=1S/C16H13N5O2/c22-14(23)11-6-7-13-12(8-11)18-16-19-15(20-21(13)16)17-9-10-4-2-1-3-5-10/h1-8H,9H2,(H,22,23)(H2,17,18,19,20). The maximum absolute atomic E-state index is 11.0. The van der Waals surface area contributed by atoms with Crippen molar-refractivity contribution >= 4 is 28.7 Å². The number of aromatic carboxylic acids is 1. The molecule has 3 N–H and O–H groups in total. The summed E-state index contributed by atoms with van der Waals surface area (Å²) < 4.78 is 1.73. The van der Waals surface area contributed by atoms with E-state index in [4.69, 9.17) is 5.11 Å². The minimum absolute atomic E-state index is 0.209. The molecule has 0 unspecified atom stereocenters. The zero-order valence-corrected chi connectivity index (χ0v) is 12.0. The van der Waals surface area contributed by atoms with Crippen molar-refractivity contribution in [2.45, 2.75) is 6.54 Å². The molecule has 7 nitrogen and oxygen atoms in total. The predicted molar refractivity (Wildman–Crippen MR) is 85.6 cm³/mol. The Labute approximate surface area is 130 Å². The lowest BCUT2D eigenvalue weighted by Crippen LogP contribution is -2.01. The molecule has 23 heavy (non-hydrogen) atoms. The summed E-state index contributed by atoms with van der Waals surface area (Å²) in [6.45, 7) is 0.651. The number of aromatic amines is 1. The zero-order valence-electron chi connectivity index (χ0n) is 12.0. The minimum atomic E-state index is -0.971. The van der Waals surface area contributed by atoms with Crippen LogP contribution in [-0.4, -0.2) is 30.7 Å². The number of carboxylic acids is 1. The van der Waals surface area contributed by atoms with Gasteiger partial charge in [0.05, 0.1) is 16.6 Å². The number of fused-ring (bicyclic) bond motifs is 3. The topological polar surface area (TPSA) is 95.3 Å². The Hall–Kier alpha value is -3.35. The van der Waals surface area contributed by atoms with Crippen LogP contribution in [0.2, 0.25) is 0 Å². The summed E-state index contributed by atoms with van der Waals surface area (Å²) in [5.74, 6) is 0.139. The number of nitrogens with one attached hydrogen (secondary N) is 2. The zero-order chi connectivity index (χ0) is 15.8. The number of nitrogens with zero attached hydrogens (tertiary/aromatic N) is 3. The number of carboxylic acid groups (broad SMARTS) is 1. The summed E-state index contributed by atoms with van der Waals surface area (Å²) in [7, 11) is 0. The number of hydrogen-bond acceptors (Lipinski definition) is 4. The molecule has 4 rings (SSSR count). The summed E-state index contributed by atoms with van der Waals surface area (Å²) in [5, 5.41) is 15.4. The molecule has 114 valence electrons. The second kappa shape index (κ2) is 5.13. The first-order valence-corrected chi connectivity index (χ1v) is 7.10. The van der Waals surface area contributed by atoms with E-state index in [0.29, 0.717) is 23.8 Å². The van der Waals surface area contributed by atoms with Crippen LogP contribution in [-0.2, 0) is 6.54 Å². The summed E-state index contributed by atoms with van der Waals surface area (Å²) >= 11 is 0. The largest absolute Gasteiger partial charge is 0.478 e. The normalized spacial score (nSPS) is 11.1. The third-order valence-corrected chi connectivity index (χ3v) is 3.62. The first kappa shape index (κ1) is 13.3. The Morgan fingerprint density at radius 1 is 1.17 bits per heavy atom. The van der Waals surface area contributed by atoms with Gasteiger partial charge in [0, 0.05) is 6.54 Å². The molecule has 0 amide bonds. The SMILES string of the molecule is O=C(O)c1ccc2c(c1)nc1nc(NCc3ccccc3)[nH]n12. The van der Waals surface area contributed by atoms with E-state index >= 15 is 0 Å². The lowest BCUT2D eigenvalue weighted by Gasteiger charge is -2.02. The average Bonchev–Trinajstić information content (AvgIpc) is 3.10. The Balaban J connectivity index is 1.64. The van der Waals surface area contributed by atoms with E-state index in [-0.39, 0.29) is 5.56 Å². The Bertz CT molecular complexity index is 1000. The van der Waals surface area contributed by atoms with Crippen LogP contribution in [0.25, 0.3) is 16.8 Å². The number of H-pyrrole nitrogens is 1. The third-order valence-electron chi connectivity index (χ3n) is 3.62. The lowest BCUT2D eigenvalue weighted by molar-refractivity contribution is 0.0697. The Morgan fingerprint density at radius 2 is 2.00 bits per heavy atom. The van der Waals surface area contributed by atoms with Crippen LogP contribution in [0.1, 0.15) is 15.9 Å². The van der Waals surface area contributed by atoms with Gasteiger partial charge in [0.2, 0.25) is 5.95 Å². The molecule has 0 saturated carbocycles.